The van der Waals surface area contributed by atoms with Crippen LogP contribution in [0.15, 0.2) is 0 Å². The van der Waals surface area contributed by atoms with Crippen molar-refractivity contribution in [2.75, 3.05) is 24.4 Å². The molecule has 0 saturated heterocycles. The van der Waals surface area contributed by atoms with Crippen LogP contribution in [0.3, 0.4) is 0 Å². The molecule has 0 bridgehead atoms. The summed E-state index contributed by atoms with van der Waals surface area (Å²) in [6.45, 7) is -0.845. The maximum absolute atomic E-state index is 12.5. The van der Waals surface area contributed by atoms with Crippen LogP contribution in [-0.4, -0.2) is 93.5 Å². The number of carboxylic acid groups (broad SMARTS) is 2. The van der Waals surface area contributed by atoms with Crippen molar-refractivity contribution in [3.05, 3.63) is 0 Å². The molecule has 0 radical (unpaired) electrons. The third-order valence-electron chi connectivity index (χ3n) is 3.59. The number of thiol groups is 1. The molecular formula is C15H26N4O8S2. The highest BCUT2D eigenvalue weighted by Gasteiger charge is 2.29. The lowest BCUT2D eigenvalue weighted by atomic mass is 10.1. The Kier molecular flexibility index (Phi) is 13.0. The number of hydrogen-bond donors (Lipinski definition) is 8. The standard InChI is InChI=1S/C15H26N4O8S2/c1-29-3-2-8(17-12(23)7(16)4-11(21)22)13(24)19-10(6-28)14(25)18-9(5-20)15(26)27/h7-10,20,28H,2-6,16H2,1H3,(H,17,23)(H,18,25)(H,19,24)(H,21,22)(H,26,27). The zero-order chi connectivity index (χ0) is 22.6. The fraction of sp³-hybridized carbons (Fsp3) is 0.667. The van der Waals surface area contributed by atoms with Crippen LogP contribution in [0.5, 0.6) is 0 Å². The molecule has 0 fully saturated rings. The fourth-order valence-corrected chi connectivity index (χ4v) is 2.72. The van der Waals surface area contributed by atoms with E-state index in [-0.39, 0.29) is 12.2 Å². The van der Waals surface area contributed by atoms with Gasteiger partial charge in [-0.15, -0.1) is 0 Å². The summed E-state index contributed by atoms with van der Waals surface area (Å²) in [5.74, 6) is -4.92. The summed E-state index contributed by atoms with van der Waals surface area (Å²) in [6, 6.07) is -5.25. The second kappa shape index (κ2) is 14.0. The number of rotatable bonds is 14. The van der Waals surface area contributed by atoms with Crippen molar-refractivity contribution in [3.8, 4) is 0 Å². The van der Waals surface area contributed by atoms with E-state index in [1.807, 2.05) is 0 Å². The number of aliphatic hydroxyl groups excluding tert-OH is 1. The van der Waals surface area contributed by atoms with E-state index in [4.69, 9.17) is 21.1 Å². The molecule has 3 amide bonds. The largest absolute Gasteiger partial charge is 0.481 e. The Morgan fingerprint density at radius 3 is 1.93 bits per heavy atom. The fourth-order valence-electron chi connectivity index (χ4n) is 1.99. The van der Waals surface area contributed by atoms with E-state index in [9.17, 15) is 24.0 Å². The normalized spacial score (nSPS) is 14.8. The molecule has 4 atom stereocenters. The molecule has 0 heterocycles. The van der Waals surface area contributed by atoms with Gasteiger partial charge in [-0.1, -0.05) is 0 Å². The first-order valence-electron chi connectivity index (χ1n) is 8.39. The van der Waals surface area contributed by atoms with E-state index in [1.54, 1.807) is 6.26 Å². The molecule has 29 heavy (non-hydrogen) atoms. The van der Waals surface area contributed by atoms with Gasteiger partial charge in [-0.2, -0.15) is 24.4 Å². The summed E-state index contributed by atoms with van der Waals surface area (Å²) in [5, 5.41) is 33.3. The summed E-state index contributed by atoms with van der Waals surface area (Å²) in [5.41, 5.74) is 5.48. The Morgan fingerprint density at radius 2 is 1.48 bits per heavy atom. The average Bonchev–Trinajstić information content (AvgIpc) is 2.65. The first-order valence-corrected chi connectivity index (χ1v) is 10.4. The minimum Gasteiger partial charge on any atom is -0.481 e. The monoisotopic (exact) mass is 454 g/mol. The maximum atomic E-state index is 12.5. The van der Waals surface area contributed by atoms with Gasteiger partial charge in [0.25, 0.3) is 0 Å². The highest BCUT2D eigenvalue weighted by atomic mass is 32.2. The number of hydrogen-bond acceptors (Lipinski definition) is 9. The number of aliphatic hydroxyl groups is 1. The van der Waals surface area contributed by atoms with Crippen molar-refractivity contribution in [2.24, 2.45) is 5.73 Å². The minimum atomic E-state index is -1.55. The number of nitrogens with one attached hydrogen (secondary N) is 3. The summed E-state index contributed by atoms with van der Waals surface area (Å²) in [6.07, 6.45) is 1.33. The van der Waals surface area contributed by atoms with Crippen LogP contribution in [-0.2, 0) is 24.0 Å². The molecule has 0 aromatic carbocycles. The van der Waals surface area contributed by atoms with Crippen molar-refractivity contribution in [1.82, 2.24) is 16.0 Å². The lowest BCUT2D eigenvalue weighted by Crippen LogP contribution is -2.58. The van der Waals surface area contributed by atoms with E-state index in [2.05, 4.69) is 28.6 Å². The van der Waals surface area contributed by atoms with Crippen LogP contribution in [0.4, 0.5) is 0 Å². The van der Waals surface area contributed by atoms with Gasteiger partial charge in [-0.05, 0) is 18.4 Å². The molecule has 14 heteroatoms. The summed E-state index contributed by atoms with van der Waals surface area (Å²) >= 11 is 5.34. The molecule has 0 rings (SSSR count). The van der Waals surface area contributed by atoms with Crippen molar-refractivity contribution in [2.45, 2.75) is 37.0 Å². The number of nitrogens with two attached hydrogens (primary N) is 1. The van der Waals surface area contributed by atoms with Gasteiger partial charge in [0.1, 0.15) is 18.1 Å². The van der Waals surface area contributed by atoms with E-state index in [1.165, 1.54) is 11.8 Å². The quantitative estimate of drug-likeness (QED) is 0.125. The number of amides is 3. The zero-order valence-corrected chi connectivity index (χ0v) is 17.4. The van der Waals surface area contributed by atoms with Gasteiger partial charge in [0.05, 0.1) is 19.1 Å². The number of carbonyl (C=O) groups excluding carboxylic acids is 3. The molecule has 166 valence electrons. The van der Waals surface area contributed by atoms with Gasteiger partial charge < -0.3 is 37.0 Å². The van der Waals surface area contributed by atoms with Crippen molar-refractivity contribution in [3.63, 3.8) is 0 Å². The number of carboxylic acids is 2. The summed E-state index contributed by atoms with van der Waals surface area (Å²) < 4.78 is 0. The summed E-state index contributed by atoms with van der Waals surface area (Å²) in [4.78, 5) is 58.3. The Hall–Kier alpha value is -2.03. The number of carbonyl (C=O) groups is 5. The van der Waals surface area contributed by atoms with Crippen LogP contribution in [0.1, 0.15) is 12.8 Å². The van der Waals surface area contributed by atoms with Crippen LogP contribution < -0.4 is 21.7 Å². The molecule has 0 spiro atoms. The Balaban J connectivity index is 5.12. The molecule has 12 nitrogen and oxygen atoms in total. The third-order valence-corrected chi connectivity index (χ3v) is 4.60. The van der Waals surface area contributed by atoms with Crippen LogP contribution in [0.2, 0.25) is 0 Å². The van der Waals surface area contributed by atoms with Gasteiger partial charge in [0.2, 0.25) is 17.7 Å². The second-order valence-electron chi connectivity index (χ2n) is 5.87. The molecule has 0 aromatic rings. The SMILES string of the molecule is CSCCC(NC(=O)C(N)CC(=O)O)C(=O)NC(CS)C(=O)NC(CO)C(=O)O. The van der Waals surface area contributed by atoms with Gasteiger partial charge in [-0.3, -0.25) is 19.2 Å². The second-order valence-corrected chi connectivity index (χ2v) is 7.22. The number of thioether (sulfide) groups is 1. The van der Waals surface area contributed by atoms with Crippen molar-refractivity contribution < 1.29 is 39.3 Å². The molecule has 0 aliphatic heterocycles. The van der Waals surface area contributed by atoms with Crippen molar-refractivity contribution >= 4 is 54.1 Å². The lowest BCUT2D eigenvalue weighted by Gasteiger charge is -2.24. The molecular weight excluding hydrogens is 428 g/mol. The summed E-state index contributed by atoms with van der Waals surface area (Å²) in [7, 11) is 0. The van der Waals surface area contributed by atoms with Crippen molar-refractivity contribution in [1.29, 1.82) is 0 Å². The first-order chi connectivity index (χ1) is 13.6. The highest BCUT2D eigenvalue weighted by molar-refractivity contribution is 7.98. The third kappa shape index (κ3) is 10.3. The molecule has 0 aliphatic carbocycles. The van der Waals surface area contributed by atoms with Gasteiger partial charge in [0, 0.05) is 5.75 Å². The lowest BCUT2D eigenvalue weighted by molar-refractivity contribution is -0.143. The maximum Gasteiger partial charge on any atom is 0.328 e. The first kappa shape index (κ1) is 27.0. The predicted molar refractivity (Wildman–Crippen MR) is 108 cm³/mol. The zero-order valence-electron chi connectivity index (χ0n) is 15.7. The Labute approximate surface area is 176 Å². The number of aliphatic carboxylic acids is 2. The van der Waals surface area contributed by atoms with Crippen LogP contribution >= 0.6 is 24.4 Å². The van der Waals surface area contributed by atoms with E-state index in [0.717, 1.165) is 0 Å². The molecule has 0 aliphatic rings. The smallest absolute Gasteiger partial charge is 0.328 e. The van der Waals surface area contributed by atoms with Gasteiger partial charge in [0.15, 0.2) is 0 Å². The highest BCUT2D eigenvalue weighted by Crippen LogP contribution is 2.04. The molecule has 8 N–H and O–H groups in total. The Bertz CT molecular complexity index is 607. The molecule has 0 saturated carbocycles. The van der Waals surface area contributed by atoms with Gasteiger partial charge >= 0.3 is 11.9 Å². The van der Waals surface area contributed by atoms with E-state index < -0.39 is 66.9 Å². The average molecular weight is 455 g/mol. The predicted octanol–water partition coefficient (Wildman–Crippen LogP) is -3.00. The minimum absolute atomic E-state index is 0.174. The van der Waals surface area contributed by atoms with E-state index >= 15 is 0 Å². The molecule has 4 unspecified atom stereocenters. The van der Waals surface area contributed by atoms with Crippen LogP contribution in [0.25, 0.3) is 0 Å². The van der Waals surface area contributed by atoms with E-state index in [0.29, 0.717) is 5.75 Å². The molecule has 0 aromatic heterocycles. The topological polar surface area (TPSA) is 208 Å². The van der Waals surface area contributed by atoms with Crippen LogP contribution in [0, 0.1) is 0 Å². The Morgan fingerprint density at radius 1 is 0.966 bits per heavy atom. The van der Waals surface area contributed by atoms with Gasteiger partial charge in [-0.25, -0.2) is 4.79 Å².